The molecule has 2 aliphatic carbocycles. The lowest BCUT2D eigenvalue weighted by Gasteiger charge is -2.24. The molecule has 2 aromatic rings. The van der Waals surface area contributed by atoms with Crippen LogP contribution >= 0.6 is 11.8 Å². The summed E-state index contributed by atoms with van der Waals surface area (Å²) in [6.45, 7) is 1.90. The smallest absolute Gasteiger partial charge is 0.262 e. The van der Waals surface area contributed by atoms with Crippen LogP contribution in [-0.2, 0) is 4.79 Å². The number of para-hydroxylation sites is 1. The summed E-state index contributed by atoms with van der Waals surface area (Å²) in [6, 6.07) is 7.99. The van der Waals surface area contributed by atoms with Crippen LogP contribution in [0, 0.1) is 0 Å². The van der Waals surface area contributed by atoms with Crippen LogP contribution in [0.4, 0.5) is 0 Å². The fourth-order valence-corrected chi connectivity index (χ4v) is 4.63. The number of carbonyl (C=O) groups excluding carboxylic acids is 1. The Kier molecular flexibility index (Phi) is 5.02. The second-order valence-corrected chi connectivity index (χ2v) is 8.73. The molecule has 6 heteroatoms. The van der Waals surface area contributed by atoms with E-state index in [9.17, 15) is 9.59 Å². The molecule has 2 fully saturated rings. The molecule has 2 saturated carbocycles. The van der Waals surface area contributed by atoms with Crippen molar-refractivity contribution in [1.29, 1.82) is 0 Å². The Morgan fingerprint density at radius 1 is 1.19 bits per heavy atom. The lowest BCUT2D eigenvalue weighted by atomic mass is 9.95. The molecule has 0 saturated heterocycles. The maximum absolute atomic E-state index is 12.9. The summed E-state index contributed by atoms with van der Waals surface area (Å²) in [5, 5.41) is 4.24. The minimum Gasteiger partial charge on any atom is -0.352 e. The topological polar surface area (TPSA) is 64.0 Å². The van der Waals surface area contributed by atoms with Crippen molar-refractivity contribution < 1.29 is 4.79 Å². The second-order valence-electron chi connectivity index (χ2n) is 7.42. The quantitative estimate of drug-likeness (QED) is 0.643. The zero-order valence-electron chi connectivity index (χ0n) is 15.1. The molecule has 1 atom stereocenters. The summed E-state index contributed by atoms with van der Waals surface area (Å²) >= 11 is 1.40. The zero-order valence-corrected chi connectivity index (χ0v) is 15.9. The fraction of sp³-hybridized carbons (Fsp3) is 0.550. The minimum atomic E-state index is -0.269. The van der Waals surface area contributed by atoms with Gasteiger partial charge >= 0.3 is 0 Å². The van der Waals surface area contributed by atoms with Crippen LogP contribution in [-0.4, -0.2) is 26.8 Å². The first-order valence-electron chi connectivity index (χ1n) is 9.62. The van der Waals surface area contributed by atoms with Gasteiger partial charge in [0.25, 0.3) is 5.56 Å². The molecular weight excluding hydrogens is 346 g/mol. The van der Waals surface area contributed by atoms with Gasteiger partial charge in [0.15, 0.2) is 5.16 Å². The Bertz CT molecular complexity index is 869. The van der Waals surface area contributed by atoms with Crippen LogP contribution in [0.2, 0.25) is 0 Å². The Hall–Kier alpha value is -1.82. The largest absolute Gasteiger partial charge is 0.352 e. The maximum Gasteiger partial charge on any atom is 0.262 e. The summed E-state index contributed by atoms with van der Waals surface area (Å²) in [5.41, 5.74) is 0.720. The van der Waals surface area contributed by atoms with Crippen molar-refractivity contribution in [2.75, 3.05) is 0 Å². The maximum atomic E-state index is 12.9. The Morgan fingerprint density at radius 2 is 1.92 bits per heavy atom. The van der Waals surface area contributed by atoms with Gasteiger partial charge in [-0.3, -0.25) is 14.2 Å². The summed E-state index contributed by atoms with van der Waals surface area (Å²) in [4.78, 5) is 30.2. The van der Waals surface area contributed by atoms with Gasteiger partial charge in [0.05, 0.1) is 16.2 Å². The molecule has 1 aromatic carbocycles. The number of carbonyl (C=O) groups is 1. The van der Waals surface area contributed by atoms with Gasteiger partial charge in [-0.1, -0.05) is 43.2 Å². The summed E-state index contributed by atoms with van der Waals surface area (Å²) in [5.74, 6) is 0.0478. The lowest BCUT2D eigenvalue weighted by molar-refractivity contribution is -0.121. The van der Waals surface area contributed by atoms with Gasteiger partial charge in [0, 0.05) is 12.1 Å². The number of benzene rings is 1. The highest BCUT2D eigenvalue weighted by Gasteiger charge is 2.30. The van der Waals surface area contributed by atoms with Crippen LogP contribution in [0.3, 0.4) is 0 Å². The van der Waals surface area contributed by atoms with E-state index in [1.54, 1.807) is 4.57 Å². The Labute approximate surface area is 157 Å². The van der Waals surface area contributed by atoms with Crippen molar-refractivity contribution in [3.8, 4) is 0 Å². The van der Waals surface area contributed by atoms with Gasteiger partial charge in [-0.2, -0.15) is 0 Å². The first kappa shape index (κ1) is 17.6. The lowest BCUT2D eigenvalue weighted by Crippen LogP contribution is -2.40. The number of hydrogen-bond donors (Lipinski definition) is 1. The van der Waals surface area contributed by atoms with Crippen LogP contribution < -0.4 is 10.9 Å². The Balaban J connectivity index is 1.56. The summed E-state index contributed by atoms with van der Waals surface area (Å²) < 4.78 is 1.80. The molecule has 1 aromatic heterocycles. The number of aromatic nitrogens is 2. The molecule has 0 aliphatic heterocycles. The molecule has 5 nitrogen and oxygen atoms in total. The third kappa shape index (κ3) is 3.65. The van der Waals surface area contributed by atoms with Crippen LogP contribution in [0.15, 0.2) is 34.2 Å². The highest BCUT2D eigenvalue weighted by molar-refractivity contribution is 8.00. The molecule has 1 heterocycles. The number of hydrogen-bond acceptors (Lipinski definition) is 4. The third-order valence-corrected chi connectivity index (χ3v) is 6.36. The number of fused-ring (bicyclic) bond motifs is 1. The van der Waals surface area contributed by atoms with E-state index in [2.05, 4.69) is 5.32 Å². The van der Waals surface area contributed by atoms with Crippen LogP contribution in [0.1, 0.15) is 57.9 Å². The number of rotatable bonds is 5. The minimum absolute atomic E-state index is 0.0143. The third-order valence-electron chi connectivity index (χ3n) is 5.29. The molecule has 1 amide bonds. The van der Waals surface area contributed by atoms with Gasteiger partial charge in [-0.25, -0.2) is 4.98 Å². The van der Waals surface area contributed by atoms with Gasteiger partial charge < -0.3 is 5.32 Å². The first-order chi connectivity index (χ1) is 12.6. The average molecular weight is 372 g/mol. The van der Waals surface area contributed by atoms with Gasteiger partial charge in [-0.05, 0) is 44.7 Å². The van der Waals surface area contributed by atoms with Crippen LogP contribution in [0.5, 0.6) is 0 Å². The standard InChI is InChI=1S/C20H25N3O2S/c1-13(18(24)21-14-7-3-2-4-8-14)26-20-22-17-10-6-5-9-16(17)19(25)23(20)15-11-12-15/h5-6,9-10,13-15H,2-4,7-8,11-12H2,1H3,(H,21,24). The highest BCUT2D eigenvalue weighted by Crippen LogP contribution is 2.37. The molecule has 26 heavy (non-hydrogen) atoms. The van der Waals surface area contributed by atoms with Crippen LogP contribution in [0.25, 0.3) is 10.9 Å². The van der Waals surface area contributed by atoms with Gasteiger partial charge in [-0.15, -0.1) is 0 Å². The Morgan fingerprint density at radius 3 is 2.65 bits per heavy atom. The summed E-state index contributed by atoms with van der Waals surface area (Å²) in [7, 11) is 0. The average Bonchev–Trinajstić information content (AvgIpc) is 3.47. The van der Waals surface area contributed by atoms with Crippen molar-refractivity contribution in [2.45, 2.75) is 74.4 Å². The first-order valence-corrected chi connectivity index (χ1v) is 10.5. The van der Waals surface area contributed by atoms with E-state index in [0.717, 1.165) is 25.7 Å². The molecule has 4 rings (SSSR count). The van der Waals surface area contributed by atoms with E-state index in [0.29, 0.717) is 22.1 Å². The second kappa shape index (κ2) is 7.43. The van der Waals surface area contributed by atoms with E-state index < -0.39 is 0 Å². The van der Waals surface area contributed by atoms with Crippen molar-refractivity contribution in [3.63, 3.8) is 0 Å². The molecule has 138 valence electrons. The molecule has 0 bridgehead atoms. The normalized spacial score (nSPS) is 19.4. The zero-order chi connectivity index (χ0) is 18.1. The van der Waals surface area contributed by atoms with Crippen molar-refractivity contribution >= 4 is 28.6 Å². The predicted molar refractivity (Wildman–Crippen MR) is 105 cm³/mol. The molecule has 0 radical (unpaired) electrons. The van der Waals surface area contributed by atoms with Gasteiger partial charge in [0.2, 0.25) is 5.91 Å². The fourth-order valence-electron chi connectivity index (χ4n) is 3.64. The van der Waals surface area contributed by atoms with Crippen molar-refractivity contribution in [1.82, 2.24) is 14.9 Å². The van der Waals surface area contributed by atoms with Crippen molar-refractivity contribution in [2.24, 2.45) is 0 Å². The number of amides is 1. The van der Waals surface area contributed by atoms with Crippen molar-refractivity contribution in [3.05, 3.63) is 34.6 Å². The highest BCUT2D eigenvalue weighted by atomic mass is 32.2. The number of thioether (sulfide) groups is 1. The molecule has 1 N–H and O–H groups in total. The predicted octanol–water partition coefficient (Wildman–Crippen LogP) is 3.66. The van der Waals surface area contributed by atoms with E-state index in [4.69, 9.17) is 4.98 Å². The number of nitrogens with one attached hydrogen (secondary N) is 1. The SMILES string of the molecule is CC(Sc1nc2ccccc2c(=O)n1C1CC1)C(=O)NC1CCCCC1. The monoisotopic (exact) mass is 371 g/mol. The molecule has 0 spiro atoms. The van der Waals surface area contributed by atoms with Gasteiger partial charge in [0.1, 0.15) is 0 Å². The summed E-state index contributed by atoms with van der Waals surface area (Å²) in [6.07, 6.45) is 7.83. The molecule has 1 unspecified atom stereocenters. The van der Waals surface area contributed by atoms with E-state index in [1.165, 1.54) is 31.0 Å². The van der Waals surface area contributed by atoms with E-state index in [-0.39, 0.29) is 22.8 Å². The van der Waals surface area contributed by atoms with E-state index >= 15 is 0 Å². The molecular formula is C20H25N3O2S. The molecule has 2 aliphatic rings. The van der Waals surface area contributed by atoms with E-state index in [1.807, 2.05) is 31.2 Å². The number of nitrogens with zero attached hydrogens (tertiary/aromatic N) is 2.